The van der Waals surface area contributed by atoms with E-state index in [1.165, 1.54) is 43.4 Å². The zero-order chi connectivity index (χ0) is 13.1. The van der Waals surface area contributed by atoms with Gasteiger partial charge in [0.2, 0.25) is 0 Å². The summed E-state index contributed by atoms with van der Waals surface area (Å²) in [6.07, 6.45) is 6.60. The number of carboxylic acid groups (broad SMARTS) is 1. The third-order valence-corrected chi connectivity index (χ3v) is 4.82. The summed E-state index contributed by atoms with van der Waals surface area (Å²) in [5, 5.41) is 9.86. The molecule has 0 unspecified atom stereocenters. The van der Waals surface area contributed by atoms with Crippen molar-refractivity contribution in [1.29, 1.82) is 0 Å². The van der Waals surface area contributed by atoms with E-state index in [9.17, 15) is 4.79 Å². The zero-order valence-electron chi connectivity index (χ0n) is 11.0. The largest absolute Gasteiger partial charge is 0.477 e. The predicted octanol–water partition coefficient (Wildman–Crippen LogP) is 3.17. The first-order chi connectivity index (χ1) is 8.58. The first kappa shape index (κ1) is 13.3. The molecule has 5 heteroatoms. The highest BCUT2D eigenvalue weighted by Crippen LogP contribution is 2.29. The molecule has 1 aromatic heterocycles. The lowest BCUT2D eigenvalue weighted by atomic mass is 9.89. The van der Waals surface area contributed by atoms with E-state index < -0.39 is 5.97 Å². The van der Waals surface area contributed by atoms with E-state index in [1.54, 1.807) is 6.92 Å². The van der Waals surface area contributed by atoms with Gasteiger partial charge in [0, 0.05) is 13.6 Å². The number of rotatable bonds is 4. The summed E-state index contributed by atoms with van der Waals surface area (Å²) in [5.41, 5.74) is 0.623. The Morgan fingerprint density at radius 3 is 2.67 bits per heavy atom. The van der Waals surface area contributed by atoms with Crippen molar-refractivity contribution >= 4 is 22.4 Å². The minimum atomic E-state index is -0.873. The Labute approximate surface area is 112 Å². The van der Waals surface area contributed by atoms with Crippen molar-refractivity contribution in [2.75, 3.05) is 18.5 Å². The van der Waals surface area contributed by atoms with Gasteiger partial charge in [0.25, 0.3) is 0 Å². The van der Waals surface area contributed by atoms with Crippen LogP contribution < -0.4 is 4.90 Å². The second-order valence-corrected chi connectivity index (χ2v) is 6.08. The van der Waals surface area contributed by atoms with Crippen LogP contribution in [0.2, 0.25) is 0 Å². The number of nitrogens with zero attached hydrogens (tertiary/aromatic N) is 2. The number of carboxylic acids is 1. The van der Waals surface area contributed by atoms with Gasteiger partial charge in [0.1, 0.15) is 4.88 Å². The Bertz CT molecular complexity index is 425. The highest BCUT2D eigenvalue weighted by Gasteiger charge is 2.20. The van der Waals surface area contributed by atoms with Crippen LogP contribution in [0.4, 0.5) is 5.13 Å². The molecule has 1 aliphatic carbocycles. The molecule has 1 fully saturated rings. The monoisotopic (exact) mass is 268 g/mol. The van der Waals surface area contributed by atoms with E-state index in [-0.39, 0.29) is 0 Å². The van der Waals surface area contributed by atoms with Crippen molar-refractivity contribution in [3.63, 3.8) is 0 Å². The predicted molar refractivity (Wildman–Crippen MR) is 73.7 cm³/mol. The van der Waals surface area contributed by atoms with Crippen molar-refractivity contribution in [2.45, 2.75) is 39.0 Å². The van der Waals surface area contributed by atoms with Crippen molar-refractivity contribution in [1.82, 2.24) is 4.98 Å². The van der Waals surface area contributed by atoms with Crippen molar-refractivity contribution in [2.24, 2.45) is 5.92 Å². The molecule has 0 amide bonds. The van der Waals surface area contributed by atoms with Gasteiger partial charge in [-0.05, 0) is 25.7 Å². The van der Waals surface area contributed by atoms with Crippen molar-refractivity contribution in [3.8, 4) is 0 Å². The number of hydrogen-bond donors (Lipinski definition) is 1. The highest BCUT2D eigenvalue weighted by molar-refractivity contribution is 7.17. The molecule has 0 aromatic carbocycles. The van der Waals surface area contributed by atoms with Crippen LogP contribution in [0.25, 0.3) is 0 Å². The third-order valence-electron chi connectivity index (χ3n) is 3.56. The molecule has 0 radical (unpaired) electrons. The summed E-state index contributed by atoms with van der Waals surface area (Å²) < 4.78 is 0. The maximum absolute atomic E-state index is 11.0. The van der Waals surface area contributed by atoms with Crippen LogP contribution >= 0.6 is 11.3 Å². The normalized spacial score (nSPS) is 16.8. The van der Waals surface area contributed by atoms with Gasteiger partial charge in [0.05, 0.1) is 5.69 Å². The van der Waals surface area contributed by atoms with Gasteiger partial charge in [0.15, 0.2) is 5.13 Å². The summed E-state index contributed by atoms with van der Waals surface area (Å²) >= 11 is 1.28. The van der Waals surface area contributed by atoms with Gasteiger partial charge in [-0.2, -0.15) is 0 Å². The molecule has 1 aliphatic rings. The number of aromatic nitrogens is 1. The van der Waals surface area contributed by atoms with Gasteiger partial charge >= 0.3 is 5.97 Å². The quantitative estimate of drug-likeness (QED) is 0.911. The number of aryl methyl sites for hydroxylation is 1. The number of aromatic carboxylic acids is 1. The van der Waals surface area contributed by atoms with Gasteiger partial charge in [-0.15, -0.1) is 0 Å². The summed E-state index contributed by atoms with van der Waals surface area (Å²) in [6, 6.07) is 0. The Kier molecular flexibility index (Phi) is 4.22. The minimum Gasteiger partial charge on any atom is -0.477 e. The second-order valence-electron chi connectivity index (χ2n) is 5.10. The maximum atomic E-state index is 11.0. The second kappa shape index (κ2) is 5.69. The summed E-state index contributed by atoms with van der Waals surface area (Å²) in [5.74, 6) is -0.136. The van der Waals surface area contributed by atoms with Crippen LogP contribution in [-0.4, -0.2) is 29.7 Å². The van der Waals surface area contributed by atoms with Gasteiger partial charge in [-0.3, -0.25) is 0 Å². The zero-order valence-corrected chi connectivity index (χ0v) is 11.8. The number of carbonyl (C=O) groups is 1. The molecule has 2 rings (SSSR count). The van der Waals surface area contributed by atoms with Gasteiger partial charge in [-0.25, -0.2) is 9.78 Å². The average molecular weight is 268 g/mol. The fourth-order valence-electron chi connectivity index (χ4n) is 2.58. The molecule has 0 spiro atoms. The van der Waals surface area contributed by atoms with E-state index in [2.05, 4.69) is 9.88 Å². The first-order valence-electron chi connectivity index (χ1n) is 6.49. The van der Waals surface area contributed by atoms with E-state index in [0.29, 0.717) is 10.6 Å². The molecular formula is C13H20N2O2S. The first-order valence-corrected chi connectivity index (χ1v) is 7.31. The molecule has 0 saturated heterocycles. The molecule has 0 aliphatic heterocycles. The maximum Gasteiger partial charge on any atom is 0.347 e. The van der Waals surface area contributed by atoms with E-state index in [0.717, 1.165) is 17.6 Å². The lowest BCUT2D eigenvalue weighted by molar-refractivity contribution is 0.0701. The molecular weight excluding hydrogens is 248 g/mol. The Morgan fingerprint density at radius 1 is 1.44 bits per heavy atom. The van der Waals surface area contributed by atoms with Crippen LogP contribution in [0.5, 0.6) is 0 Å². The molecule has 1 aromatic rings. The van der Waals surface area contributed by atoms with Gasteiger partial charge in [-0.1, -0.05) is 30.6 Å². The standard InChI is InChI=1S/C13H20N2O2S/c1-9-11(12(16)17)18-13(14-9)15(2)8-10-6-4-3-5-7-10/h10H,3-8H2,1-2H3,(H,16,17). The highest BCUT2D eigenvalue weighted by atomic mass is 32.1. The van der Waals surface area contributed by atoms with Crippen LogP contribution in [0.1, 0.15) is 47.5 Å². The van der Waals surface area contributed by atoms with E-state index in [1.807, 2.05) is 7.05 Å². The van der Waals surface area contributed by atoms with Crippen molar-refractivity contribution < 1.29 is 9.90 Å². The van der Waals surface area contributed by atoms with E-state index >= 15 is 0 Å². The molecule has 0 atom stereocenters. The van der Waals surface area contributed by atoms with Crippen LogP contribution in [-0.2, 0) is 0 Å². The SMILES string of the molecule is Cc1nc(N(C)CC2CCCCC2)sc1C(=O)O. The fraction of sp³-hybridized carbons (Fsp3) is 0.692. The Hall–Kier alpha value is -1.10. The molecule has 4 nitrogen and oxygen atoms in total. The number of thiazole rings is 1. The minimum absolute atomic E-state index is 0.362. The molecule has 100 valence electrons. The molecule has 1 heterocycles. The summed E-state index contributed by atoms with van der Waals surface area (Å²) in [4.78, 5) is 17.8. The van der Waals surface area contributed by atoms with E-state index in [4.69, 9.17) is 5.11 Å². The average Bonchev–Trinajstić information content (AvgIpc) is 2.73. The molecule has 18 heavy (non-hydrogen) atoms. The molecule has 1 N–H and O–H groups in total. The smallest absolute Gasteiger partial charge is 0.347 e. The van der Waals surface area contributed by atoms with Crippen molar-refractivity contribution in [3.05, 3.63) is 10.6 Å². The Morgan fingerprint density at radius 2 is 2.11 bits per heavy atom. The van der Waals surface area contributed by atoms with Gasteiger partial charge < -0.3 is 10.0 Å². The van der Waals surface area contributed by atoms with Crippen LogP contribution in [0, 0.1) is 12.8 Å². The summed E-state index contributed by atoms with van der Waals surface area (Å²) in [6.45, 7) is 2.75. The summed E-state index contributed by atoms with van der Waals surface area (Å²) in [7, 11) is 2.01. The number of hydrogen-bond acceptors (Lipinski definition) is 4. The lowest BCUT2D eigenvalue weighted by Gasteiger charge is -2.26. The Balaban J connectivity index is 2.01. The number of anilines is 1. The fourth-order valence-corrected chi connectivity index (χ4v) is 3.46. The van der Waals surface area contributed by atoms with Crippen LogP contribution in [0.3, 0.4) is 0 Å². The molecule has 0 bridgehead atoms. The molecule has 1 saturated carbocycles. The van der Waals surface area contributed by atoms with Crippen LogP contribution in [0.15, 0.2) is 0 Å². The lowest BCUT2D eigenvalue weighted by Crippen LogP contribution is -2.26. The third kappa shape index (κ3) is 3.02. The topological polar surface area (TPSA) is 53.4 Å².